The number of carboxylic acids is 1. The number of nitrogens with one attached hydrogen (secondary N) is 1. The Hall–Kier alpha value is -1.46. The summed E-state index contributed by atoms with van der Waals surface area (Å²) in [6.45, 7) is 5.47. The van der Waals surface area contributed by atoms with Crippen molar-refractivity contribution in [1.82, 2.24) is 20.2 Å². The van der Waals surface area contributed by atoms with E-state index < -0.39 is 5.97 Å². The van der Waals surface area contributed by atoms with Crippen molar-refractivity contribution in [2.75, 3.05) is 57.6 Å². The molecule has 264 valence electrons. The highest BCUT2D eigenvalue weighted by atomic mass is 32.2. The van der Waals surface area contributed by atoms with Crippen LogP contribution in [0.1, 0.15) is 122 Å². The van der Waals surface area contributed by atoms with Gasteiger partial charge in [0, 0.05) is 56.6 Å². The Bertz CT molecular complexity index is 864. The van der Waals surface area contributed by atoms with E-state index in [-0.39, 0.29) is 18.7 Å². The topological polar surface area (TPSA) is 106 Å². The number of aromatic nitrogens is 2. The number of unbranched alkanes of at least 4 members (excludes halogenated alkanes) is 9. The first-order valence-corrected chi connectivity index (χ1v) is 19.7. The largest absolute Gasteiger partial charge is 0.481 e. The molecule has 3 rings (SSSR count). The van der Waals surface area contributed by atoms with Crippen molar-refractivity contribution < 1.29 is 24.1 Å². The Morgan fingerprint density at radius 2 is 1.61 bits per heavy atom. The number of thioether (sulfide) groups is 1. The van der Waals surface area contributed by atoms with Gasteiger partial charge in [-0.1, -0.05) is 96.3 Å². The first kappa shape index (κ1) is 39.0. The summed E-state index contributed by atoms with van der Waals surface area (Å²) in [5, 5.41) is 12.3. The van der Waals surface area contributed by atoms with Gasteiger partial charge >= 0.3 is 12.0 Å². The van der Waals surface area contributed by atoms with Crippen LogP contribution in [0, 0.1) is 5.92 Å². The molecule has 1 aliphatic heterocycles. The Labute approximate surface area is 283 Å². The number of ether oxygens (including phenoxy) is 3. The van der Waals surface area contributed by atoms with Crippen LogP contribution >= 0.6 is 11.8 Å². The molecular weight excluding hydrogens is 600 g/mol. The second kappa shape index (κ2) is 26.5. The second-order valence-electron chi connectivity index (χ2n) is 13.2. The van der Waals surface area contributed by atoms with Gasteiger partial charge in [0.25, 0.3) is 0 Å². The first-order chi connectivity index (χ1) is 22.7. The molecule has 0 radical (unpaired) electrons. The third kappa shape index (κ3) is 19.4. The van der Waals surface area contributed by atoms with E-state index in [2.05, 4.69) is 20.2 Å². The summed E-state index contributed by atoms with van der Waals surface area (Å²) in [6, 6.07) is 2.19. The zero-order chi connectivity index (χ0) is 32.3. The molecule has 0 amide bonds. The predicted molar refractivity (Wildman–Crippen MR) is 188 cm³/mol. The summed E-state index contributed by atoms with van der Waals surface area (Å²) in [6.07, 6.45) is 27.8. The molecule has 2 aliphatic rings. The van der Waals surface area contributed by atoms with E-state index >= 15 is 0 Å². The van der Waals surface area contributed by atoms with Crippen molar-refractivity contribution >= 4 is 17.7 Å². The van der Waals surface area contributed by atoms with Gasteiger partial charge < -0.3 is 24.6 Å². The van der Waals surface area contributed by atoms with Gasteiger partial charge in [0.15, 0.2) is 0 Å². The maximum Gasteiger partial charge on any atom is 0.316 e. The van der Waals surface area contributed by atoms with E-state index in [1.54, 1.807) is 30.2 Å². The summed E-state index contributed by atoms with van der Waals surface area (Å²) in [5.41, 5.74) is 0. The molecule has 9 nitrogen and oxygen atoms in total. The van der Waals surface area contributed by atoms with E-state index in [0.29, 0.717) is 32.3 Å². The summed E-state index contributed by atoms with van der Waals surface area (Å²) in [5.74, 6) is 2.00. The molecule has 1 aromatic heterocycles. The highest BCUT2D eigenvalue weighted by Crippen LogP contribution is 2.28. The lowest BCUT2D eigenvalue weighted by Crippen LogP contribution is -2.37. The number of carboxylic acid groups (broad SMARTS) is 1. The molecular formula is C36H64N4O5S. The summed E-state index contributed by atoms with van der Waals surface area (Å²) in [7, 11) is 0. The molecule has 1 saturated heterocycles. The smallest absolute Gasteiger partial charge is 0.316 e. The van der Waals surface area contributed by atoms with Gasteiger partial charge in [0.2, 0.25) is 0 Å². The molecule has 0 bridgehead atoms. The standard InChI is InChI=1S/C36H64N4O5S/c41-35(42)20-14-19-34-37-23-24-40(34)25-27-43-28-29-46-31-33(45-36-38-21-15-22-39-36)30-44-26-13-8-6-4-2-1-3-5-7-10-16-32-17-11-9-12-18-32/h15,21-22,32-34,37H,1-14,16-20,23-31H2,(H,41,42). The van der Waals surface area contributed by atoms with Crippen LogP contribution < -0.4 is 10.1 Å². The fourth-order valence-electron chi connectivity index (χ4n) is 6.63. The van der Waals surface area contributed by atoms with Gasteiger partial charge in [-0.2, -0.15) is 11.8 Å². The first-order valence-electron chi connectivity index (χ1n) is 18.6. The zero-order valence-electron chi connectivity index (χ0n) is 28.6. The zero-order valence-corrected chi connectivity index (χ0v) is 29.4. The van der Waals surface area contributed by atoms with Gasteiger partial charge in [-0.05, 0) is 31.2 Å². The Balaban J connectivity index is 1.14. The fraction of sp³-hybridized carbons (Fsp3) is 0.861. The minimum atomic E-state index is -0.725. The molecule has 0 aromatic carbocycles. The van der Waals surface area contributed by atoms with Crippen molar-refractivity contribution in [3.63, 3.8) is 0 Å². The SMILES string of the molecule is O=C(O)CCCC1NCCN1CCOCCSCC(COCCCCCCCCCCCCC1CCCCC1)Oc1ncccn1. The molecule has 10 heteroatoms. The Morgan fingerprint density at radius 1 is 0.891 bits per heavy atom. The molecule has 2 atom stereocenters. The van der Waals surface area contributed by atoms with Crippen molar-refractivity contribution in [1.29, 1.82) is 0 Å². The van der Waals surface area contributed by atoms with Crippen LogP contribution in [-0.4, -0.2) is 95.8 Å². The summed E-state index contributed by atoms with van der Waals surface area (Å²) < 4.78 is 18.0. The fourth-order valence-corrected chi connectivity index (χ4v) is 7.46. The van der Waals surface area contributed by atoms with E-state index in [0.717, 1.165) is 56.5 Å². The lowest BCUT2D eigenvalue weighted by molar-refractivity contribution is -0.137. The van der Waals surface area contributed by atoms with Crippen LogP contribution in [0.5, 0.6) is 6.01 Å². The quantitative estimate of drug-likeness (QED) is 0.0845. The molecule has 1 aliphatic carbocycles. The molecule has 2 fully saturated rings. The van der Waals surface area contributed by atoms with Crippen molar-refractivity contribution in [3.05, 3.63) is 18.5 Å². The van der Waals surface area contributed by atoms with Gasteiger partial charge in [-0.3, -0.25) is 9.69 Å². The highest BCUT2D eigenvalue weighted by molar-refractivity contribution is 7.99. The van der Waals surface area contributed by atoms with E-state index in [1.165, 1.54) is 96.3 Å². The maximum absolute atomic E-state index is 10.8. The number of carbonyl (C=O) groups is 1. The Kier molecular flexibility index (Phi) is 22.4. The minimum Gasteiger partial charge on any atom is -0.481 e. The van der Waals surface area contributed by atoms with Gasteiger partial charge in [-0.25, -0.2) is 9.97 Å². The molecule has 1 aromatic rings. The minimum absolute atomic E-state index is 0.0997. The molecule has 2 unspecified atom stereocenters. The Morgan fingerprint density at radius 3 is 2.35 bits per heavy atom. The van der Waals surface area contributed by atoms with Crippen LogP contribution in [0.3, 0.4) is 0 Å². The maximum atomic E-state index is 10.8. The third-order valence-electron chi connectivity index (χ3n) is 9.28. The third-order valence-corrected chi connectivity index (χ3v) is 10.3. The van der Waals surface area contributed by atoms with Gasteiger partial charge in [0.1, 0.15) is 6.10 Å². The van der Waals surface area contributed by atoms with Crippen LogP contribution in [0.25, 0.3) is 0 Å². The van der Waals surface area contributed by atoms with Crippen LogP contribution in [0.4, 0.5) is 0 Å². The van der Waals surface area contributed by atoms with Crippen LogP contribution in [0.15, 0.2) is 18.5 Å². The summed E-state index contributed by atoms with van der Waals surface area (Å²) in [4.78, 5) is 21.6. The average molecular weight is 665 g/mol. The van der Waals surface area contributed by atoms with Gasteiger partial charge in [0.05, 0.1) is 26.0 Å². The van der Waals surface area contributed by atoms with E-state index in [4.69, 9.17) is 19.3 Å². The molecule has 46 heavy (non-hydrogen) atoms. The highest BCUT2D eigenvalue weighted by Gasteiger charge is 2.23. The van der Waals surface area contributed by atoms with E-state index in [9.17, 15) is 4.79 Å². The van der Waals surface area contributed by atoms with E-state index in [1.807, 2.05) is 0 Å². The number of aliphatic carboxylic acids is 1. The lowest BCUT2D eigenvalue weighted by Gasteiger charge is -2.23. The molecule has 1 saturated carbocycles. The monoisotopic (exact) mass is 664 g/mol. The van der Waals surface area contributed by atoms with Crippen LogP contribution in [0.2, 0.25) is 0 Å². The number of hydrogen-bond acceptors (Lipinski definition) is 9. The molecule has 2 heterocycles. The van der Waals surface area contributed by atoms with Crippen molar-refractivity contribution in [3.8, 4) is 6.01 Å². The number of rotatable bonds is 29. The molecule has 0 spiro atoms. The predicted octanol–water partition coefficient (Wildman–Crippen LogP) is 7.35. The number of nitrogens with zero attached hydrogens (tertiary/aromatic N) is 3. The van der Waals surface area contributed by atoms with Crippen LogP contribution in [-0.2, 0) is 14.3 Å². The van der Waals surface area contributed by atoms with Gasteiger partial charge in [-0.15, -0.1) is 0 Å². The molecule has 2 N–H and O–H groups in total. The van der Waals surface area contributed by atoms with Crippen molar-refractivity contribution in [2.24, 2.45) is 5.92 Å². The van der Waals surface area contributed by atoms with Crippen molar-refractivity contribution in [2.45, 2.75) is 134 Å². The second-order valence-corrected chi connectivity index (χ2v) is 14.3. The average Bonchev–Trinajstić information content (AvgIpc) is 3.52. The number of hydrogen-bond donors (Lipinski definition) is 2. The lowest BCUT2D eigenvalue weighted by atomic mass is 9.85. The normalized spacial score (nSPS) is 18.2. The summed E-state index contributed by atoms with van der Waals surface area (Å²) >= 11 is 1.80.